The standard InChI is InChI=1S/C44H25N3OS/c1-2-11-27-24-29(21-20-26(27)10-1)40-43-41(35-14-5-8-19-39(35)49-43)46-44(45-40)47-36-17-6-3-12-31(36)32-23-22-28(25-37(32)47)30-15-9-16-34-33-13-4-7-18-38(33)48-42(30)34/h1-25H. The van der Waals surface area contributed by atoms with Gasteiger partial charge in [0, 0.05) is 42.8 Å². The molecule has 4 nitrogen and oxygen atoms in total. The second-order valence-corrected chi connectivity index (χ2v) is 13.6. The summed E-state index contributed by atoms with van der Waals surface area (Å²) in [7, 11) is 0. The number of thiophene rings is 1. The summed E-state index contributed by atoms with van der Waals surface area (Å²) in [5.41, 5.74) is 9.05. The summed E-state index contributed by atoms with van der Waals surface area (Å²) in [5, 5.41) is 8.11. The number of rotatable bonds is 3. The molecule has 0 N–H and O–H groups in total. The molecule has 0 amide bonds. The molecule has 49 heavy (non-hydrogen) atoms. The van der Waals surface area contributed by atoms with Crippen LogP contribution in [0.2, 0.25) is 0 Å². The Bertz CT molecular complexity index is 3130. The molecule has 4 heterocycles. The Morgan fingerprint density at radius 1 is 0.510 bits per heavy atom. The van der Waals surface area contributed by atoms with E-state index in [2.05, 4.69) is 144 Å². The molecule has 11 aromatic rings. The van der Waals surface area contributed by atoms with Crippen LogP contribution in [-0.2, 0) is 0 Å². The first kappa shape index (κ1) is 26.7. The number of benzene rings is 7. The van der Waals surface area contributed by atoms with Gasteiger partial charge in [-0.25, -0.2) is 9.97 Å². The van der Waals surface area contributed by atoms with E-state index in [0.717, 1.165) is 81.7 Å². The zero-order valence-corrected chi connectivity index (χ0v) is 26.9. The lowest BCUT2D eigenvalue weighted by Gasteiger charge is -2.11. The molecule has 11 rings (SSSR count). The SMILES string of the molecule is c1ccc2cc(-c3nc(-n4c5ccccc5c5ccc(-c6cccc7c6oc6ccccc67)cc54)nc4c3sc3ccccc34)ccc2c1. The normalized spacial score (nSPS) is 12.1. The molecular formula is C44H25N3OS. The molecule has 0 radical (unpaired) electrons. The van der Waals surface area contributed by atoms with Gasteiger partial charge in [0.25, 0.3) is 0 Å². The topological polar surface area (TPSA) is 43.9 Å². The van der Waals surface area contributed by atoms with Crippen molar-refractivity contribution in [2.45, 2.75) is 0 Å². The van der Waals surface area contributed by atoms with Gasteiger partial charge < -0.3 is 4.42 Å². The summed E-state index contributed by atoms with van der Waals surface area (Å²) < 4.78 is 11.0. The molecule has 0 aliphatic carbocycles. The Hall–Kier alpha value is -6.30. The van der Waals surface area contributed by atoms with Gasteiger partial charge in [-0.1, -0.05) is 121 Å². The van der Waals surface area contributed by atoms with Crippen molar-refractivity contribution in [1.82, 2.24) is 14.5 Å². The van der Waals surface area contributed by atoms with Crippen LogP contribution in [0.15, 0.2) is 156 Å². The fourth-order valence-corrected chi connectivity index (χ4v) is 8.69. The Kier molecular flexibility index (Phi) is 5.51. The van der Waals surface area contributed by atoms with Gasteiger partial charge in [0.2, 0.25) is 5.95 Å². The van der Waals surface area contributed by atoms with Crippen molar-refractivity contribution < 1.29 is 4.42 Å². The molecule has 0 spiro atoms. The average molecular weight is 644 g/mol. The lowest BCUT2D eigenvalue weighted by molar-refractivity contribution is 0.670. The molecule has 0 saturated heterocycles. The van der Waals surface area contributed by atoms with E-state index < -0.39 is 0 Å². The minimum Gasteiger partial charge on any atom is -0.455 e. The predicted molar refractivity (Wildman–Crippen MR) is 205 cm³/mol. The van der Waals surface area contributed by atoms with Crippen molar-refractivity contribution in [3.8, 4) is 28.3 Å². The molecule has 5 heteroatoms. The van der Waals surface area contributed by atoms with Gasteiger partial charge in [-0.15, -0.1) is 11.3 Å². The van der Waals surface area contributed by atoms with Crippen molar-refractivity contribution >= 4 is 86.2 Å². The lowest BCUT2D eigenvalue weighted by atomic mass is 10.0. The third-order valence-electron chi connectivity index (χ3n) is 9.82. The van der Waals surface area contributed by atoms with E-state index in [1.54, 1.807) is 11.3 Å². The summed E-state index contributed by atoms with van der Waals surface area (Å²) in [4.78, 5) is 10.8. The number of nitrogens with zero attached hydrogens (tertiary/aromatic N) is 3. The molecule has 0 aliphatic heterocycles. The first-order valence-electron chi connectivity index (χ1n) is 16.4. The number of hydrogen-bond acceptors (Lipinski definition) is 4. The van der Waals surface area contributed by atoms with Crippen LogP contribution < -0.4 is 0 Å². The number of furan rings is 1. The van der Waals surface area contributed by atoms with E-state index in [1.807, 2.05) is 12.1 Å². The van der Waals surface area contributed by atoms with Crippen LogP contribution in [0.3, 0.4) is 0 Å². The van der Waals surface area contributed by atoms with Gasteiger partial charge in [-0.05, 0) is 46.7 Å². The van der Waals surface area contributed by atoms with Crippen LogP contribution in [-0.4, -0.2) is 14.5 Å². The highest BCUT2D eigenvalue weighted by Crippen LogP contribution is 2.42. The van der Waals surface area contributed by atoms with Crippen LogP contribution in [0, 0.1) is 0 Å². The summed E-state index contributed by atoms with van der Waals surface area (Å²) in [6.45, 7) is 0. The van der Waals surface area contributed by atoms with Crippen LogP contribution in [0.5, 0.6) is 0 Å². The molecule has 0 saturated carbocycles. The first-order valence-corrected chi connectivity index (χ1v) is 17.2. The van der Waals surface area contributed by atoms with Crippen molar-refractivity contribution in [1.29, 1.82) is 0 Å². The quantitative estimate of drug-likeness (QED) is 0.192. The summed E-state index contributed by atoms with van der Waals surface area (Å²) in [6.07, 6.45) is 0. The van der Waals surface area contributed by atoms with Crippen molar-refractivity contribution in [2.75, 3.05) is 0 Å². The average Bonchev–Trinajstić information content (AvgIpc) is 3.83. The molecule has 228 valence electrons. The maximum atomic E-state index is 6.47. The predicted octanol–water partition coefficient (Wildman–Crippen LogP) is 12.3. The maximum Gasteiger partial charge on any atom is 0.235 e. The smallest absolute Gasteiger partial charge is 0.235 e. The van der Waals surface area contributed by atoms with Crippen LogP contribution in [0.1, 0.15) is 0 Å². The molecule has 0 bridgehead atoms. The van der Waals surface area contributed by atoms with Gasteiger partial charge in [0.1, 0.15) is 11.2 Å². The highest BCUT2D eigenvalue weighted by atomic mass is 32.1. The van der Waals surface area contributed by atoms with Gasteiger partial charge in [-0.2, -0.15) is 0 Å². The van der Waals surface area contributed by atoms with Gasteiger partial charge >= 0.3 is 0 Å². The molecule has 0 fully saturated rings. The minimum absolute atomic E-state index is 0.657. The molecule has 0 aliphatic rings. The molecule has 4 aromatic heterocycles. The molecular weight excluding hydrogens is 619 g/mol. The largest absolute Gasteiger partial charge is 0.455 e. The van der Waals surface area contributed by atoms with E-state index >= 15 is 0 Å². The lowest BCUT2D eigenvalue weighted by Crippen LogP contribution is -2.02. The second kappa shape index (κ2) is 10.1. The monoisotopic (exact) mass is 643 g/mol. The van der Waals surface area contributed by atoms with Gasteiger partial charge in [0.15, 0.2) is 0 Å². The van der Waals surface area contributed by atoms with E-state index in [9.17, 15) is 0 Å². The minimum atomic E-state index is 0.657. The van der Waals surface area contributed by atoms with Crippen molar-refractivity contribution in [3.05, 3.63) is 152 Å². The zero-order valence-electron chi connectivity index (χ0n) is 26.1. The number of hydrogen-bond donors (Lipinski definition) is 0. The van der Waals surface area contributed by atoms with Crippen LogP contribution in [0.4, 0.5) is 0 Å². The zero-order chi connectivity index (χ0) is 32.1. The molecule has 0 unspecified atom stereocenters. The van der Waals surface area contributed by atoms with Crippen LogP contribution >= 0.6 is 11.3 Å². The van der Waals surface area contributed by atoms with Crippen LogP contribution in [0.25, 0.3) is 103 Å². The Labute approximate surface area is 284 Å². The highest BCUT2D eigenvalue weighted by Gasteiger charge is 2.21. The summed E-state index contributed by atoms with van der Waals surface area (Å²) in [5.74, 6) is 0.657. The Morgan fingerprint density at radius 2 is 1.24 bits per heavy atom. The summed E-state index contributed by atoms with van der Waals surface area (Å²) in [6, 6.07) is 53.6. The number of para-hydroxylation sites is 3. The molecule has 0 atom stereocenters. The number of fused-ring (bicyclic) bond motifs is 10. The fourth-order valence-electron chi connectivity index (χ4n) is 7.54. The van der Waals surface area contributed by atoms with E-state index in [0.29, 0.717) is 5.95 Å². The second-order valence-electron chi connectivity index (χ2n) is 12.6. The Morgan fingerprint density at radius 3 is 2.18 bits per heavy atom. The summed E-state index contributed by atoms with van der Waals surface area (Å²) >= 11 is 1.76. The fraction of sp³-hybridized carbons (Fsp3) is 0. The van der Waals surface area contributed by atoms with E-state index in [-0.39, 0.29) is 0 Å². The van der Waals surface area contributed by atoms with E-state index in [4.69, 9.17) is 14.4 Å². The van der Waals surface area contributed by atoms with E-state index in [1.165, 1.54) is 15.5 Å². The van der Waals surface area contributed by atoms with Gasteiger partial charge in [0.05, 0.1) is 26.9 Å². The maximum absolute atomic E-state index is 6.47. The van der Waals surface area contributed by atoms with Crippen molar-refractivity contribution in [3.63, 3.8) is 0 Å². The van der Waals surface area contributed by atoms with Crippen molar-refractivity contribution in [2.24, 2.45) is 0 Å². The molecule has 7 aromatic carbocycles. The highest BCUT2D eigenvalue weighted by molar-refractivity contribution is 7.26. The first-order chi connectivity index (χ1) is 24.3. The Balaban J connectivity index is 1.22. The van der Waals surface area contributed by atoms with Gasteiger partial charge in [-0.3, -0.25) is 4.57 Å². The third-order valence-corrected chi connectivity index (χ3v) is 11.0. The third kappa shape index (κ3) is 3.91. The number of aromatic nitrogens is 3.